The molecule has 0 aliphatic carbocycles. The molecule has 1 rings (SSSR count). The summed E-state index contributed by atoms with van der Waals surface area (Å²) in [6.45, 7) is 1.22. The molecule has 0 radical (unpaired) electrons. The summed E-state index contributed by atoms with van der Waals surface area (Å²) in [7, 11) is 0. The molecule has 0 heterocycles. The zero-order chi connectivity index (χ0) is 16.0. The number of aliphatic hydroxyl groups is 1. The molecule has 21 heavy (non-hydrogen) atoms. The number of nitrogens with one attached hydrogen (secondary N) is 2. The van der Waals surface area contributed by atoms with Gasteiger partial charge in [-0.15, -0.1) is 0 Å². The Bertz CT molecular complexity index is 546. The van der Waals surface area contributed by atoms with Crippen molar-refractivity contribution < 1.29 is 24.7 Å². The number of hydrogen-bond donors (Lipinski definition) is 4. The highest BCUT2D eigenvalue weighted by Gasteiger charge is 2.24. The van der Waals surface area contributed by atoms with Gasteiger partial charge in [0.05, 0.1) is 11.0 Å². The monoisotopic (exact) mass is 297 g/mol. The minimum atomic E-state index is -1.44. The number of nitro groups is 1. The Morgan fingerprint density at radius 2 is 2.10 bits per heavy atom. The van der Waals surface area contributed by atoms with Crippen LogP contribution in [0.25, 0.3) is 0 Å². The summed E-state index contributed by atoms with van der Waals surface area (Å²) in [6.07, 6.45) is -1.26. The summed E-state index contributed by atoms with van der Waals surface area (Å²) in [6, 6.07) is 3.44. The Morgan fingerprint density at radius 3 is 2.62 bits per heavy atom. The van der Waals surface area contributed by atoms with E-state index in [1.807, 2.05) is 0 Å². The summed E-state index contributed by atoms with van der Waals surface area (Å²) >= 11 is 0. The molecule has 114 valence electrons. The van der Waals surface area contributed by atoms with E-state index in [-0.39, 0.29) is 12.2 Å². The lowest BCUT2D eigenvalue weighted by Crippen LogP contribution is -2.50. The van der Waals surface area contributed by atoms with Gasteiger partial charge in [0.1, 0.15) is 0 Å². The molecule has 0 spiro atoms. The fourth-order valence-corrected chi connectivity index (χ4v) is 1.54. The number of non-ortho nitro benzene ring substituents is 1. The van der Waals surface area contributed by atoms with Gasteiger partial charge in [-0.25, -0.2) is 9.59 Å². The Kier molecular flexibility index (Phi) is 5.61. The molecule has 2 amide bonds. The molecule has 0 fully saturated rings. The van der Waals surface area contributed by atoms with Gasteiger partial charge in [-0.05, 0) is 12.5 Å². The first-order valence-electron chi connectivity index (χ1n) is 6.00. The topological polar surface area (TPSA) is 142 Å². The maximum atomic E-state index is 11.5. The smallest absolute Gasteiger partial charge is 0.328 e. The normalized spacial score (nSPS) is 13.0. The Hall–Kier alpha value is -2.68. The van der Waals surface area contributed by atoms with E-state index in [1.54, 1.807) is 6.07 Å². The van der Waals surface area contributed by atoms with E-state index in [9.17, 15) is 24.8 Å². The number of carbonyl (C=O) groups excluding carboxylic acids is 1. The van der Waals surface area contributed by atoms with Crippen molar-refractivity contribution in [3.8, 4) is 0 Å². The summed E-state index contributed by atoms with van der Waals surface area (Å²) in [5.74, 6) is -1.37. The highest BCUT2D eigenvalue weighted by Crippen LogP contribution is 2.12. The van der Waals surface area contributed by atoms with E-state index in [0.717, 1.165) is 0 Å². The number of amides is 2. The Balaban J connectivity index is 2.58. The summed E-state index contributed by atoms with van der Waals surface area (Å²) in [4.78, 5) is 32.4. The van der Waals surface area contributed by atoms with Crippen LogP contribution in [0.15, 0.2) is 24.3 Å². The molecule has 1 aromatic rings. The van der Waals surface area contributed by atoms with Crippen molar-refractivity contribution in [1.29, 1.82) is 0 Å². The van der Waals surface area contributed by atoms with Gasteiger partial charge < -0.3 is 20.8 Å². The lowest BCUT2D eigenvalue weighted by atomic mass is 10.2. The average Bonchev–Trinajstić information content (AvgIpc) is 2.42. The Morgan fingerprint density at radius 1 is 1.43 bits per heavy atom. The molecule has 0 aliphatic heterocycles. The number of carbonyl (C=O) groups is 2. The van der Waals surface area contributed by atoms with Gasteiger partial charge >= 0.3 is 12.0 Å². The van der Waals surface area contributed by atoms with Crippen molar-refractivity contribution in [1.82, 2.24) is 10.6 Å². The van der Waals surface area contributed by atoms with E-state index < -0.39 is 29.1 Å². The van der Waals surface area contributed by atoms with Crippen LogP contribution in [-0.2, 0) is 11.3 Å². The van der Waals surface area contributed by atoms with Gasteiger partial charge in [-0.1, -0.05) is 12.1 Å². The molecule has 0 saturated heterocycles. The molecule has 4 N–H and O–H groups in total. The number of nitrogens with zero attached hydrogens (tertiary/aromatic N) is 1. The zero-order valence-corrected chi connectivity index (χ0v) is 11.1. The number of nitro benzene ring substituents is 1. The number of carboxylic acid groups (broad SMARTS) is 1. The number of urea groups is 1. The van der Waals surface area contributed by atoms with E-state index >= 15 is 0 Å². The highest BCUT2D eigenvalue weighted by molar-refractivity contribution is 5.82. The van der Waals surface area contributed by atoms with Crippen molar-refractivity contribution in [2.75, 3.05) is 0 Å². The zero-order valence-electron chi connectivity index (χ0n) is 11.1. The van der Waals surface area contributed by atoms with E-state index in [4.69, 9.17) is 5.11 Å². The van der Waals surface area contributed by atoms with Gasteiger partial charge in [0, 0.05) is 18.7 Å². The van der Waals surface area contributed by atoms with Gasteiger partial charge in [-0.2, -0.15) is 0 Å². The number of aliphatic carboxylic acids is 1. The molecule has 0 aliphatic rings. The van der Waals surface area contributed by atoms with Crippen molar-refractivity contribution in [3.63, 3.8) is 0 Å². The molecule has 0 bridgehead atoms. The first kappa shape index (κ1) is 16.4. The fourth-order valence-electron chi connectivity index (χ4n) is 1.54. The van der Waals surface area contributed by atoms with Crippen LogP contribution in [0.4, 0.5) is 10.5 Å². The van der Waals surface area contributed by atoms with E-state index in [2.05, 4.69) is 10.6 Å². The third-order valence-electron chi connectivity index (χ3n) is 2.61. The van der Waals surface area contributed by atoms with Crippen molar-refractivity contribution in [2.24, 2.45) is 0 Å². The van der Waals surface area contributed by atoms with Crippen molar-refractivity contribution in [2.45, 2.75) is 25.6 Å². The number of aliphatic hydroxyl groups excluding tert-OH is 1. The standard InChI is InChI=1S/C12H15N3O6/c1-7(16)10(11(17)18)14-12(19)13-6-8-3-2-4-9(5-8)15(20)21/h2-5,7,10,16H,6H2,1H3,(H,17,18)(H2,13,14,19)/t7-,10+/m1/s1. The molecule has 0 saturated carbocycles. The largest absolute Gasteiger partial charge is 0.480 e. The van der Waals surface area contributed by atoms with Crippen LogP contribution in [0.1, 0.15) is 12.5 Å². The van der Waals surface area contributed by atoms with Crippen LogP contribution in [0.5, 0.6) is 0 Å². The Labute approximate surface area is 119 Å². The first-order chi connectivity index (χ1) is 9.81. The van der Waals surface area contributed by atoms with Crippen LogP contribution in [0, 0.1) is 10.1 Å². The third-order valence-corrected chi connectivity index (χ3v) is 2.61. The number of benzene rings is 1. The molecular weight excluding hydrogens is 282 g/mol. The lowest BCUT2D eigenvalue weighted by molar-refractivity contribution is -0.384. The van der Waals surface area contributed by atoms with E-state index in [0.29, 0.717) is 5.56 Å². The van der Waals surface area contributed by atoms with Crippen molar-refractivity contribution in [3.05, 3.63) is 39.9 Å². The molecule has 1 aromatic carbocycles. The second-order valence-electron chi connectivity index (χ2n) is 4.31. The quantitative estimate of drug-likeness (QED) is 0.437. The minimum Gasteiger partial charge on any atom is -0.480 e. The van der Waals surface area contributed by atoms with Crippen LogP contribution >= 0.6 is 0 Å². The first-order valence-corrected chi connectivity index (χ1v) is 6.00. The molecular formula is C12H15N3O6. The molecule has 9 nitrogen and oxygen atoms in total. The maximum absolute atomic E-state index is 11.5. The van der Waals surface area contributed by atoms with Crippen LogP contribution < -0.4 is 10.6 Å². The molecule has 0 unspecified atom stereocenters. The number of hydrogen-bond acceptors (Lipinski definition) is 5. The predicted molar refractivity (Wildman–Crippen MR) is 71.6 cm³/mol. The second kappa shape index (κ2) is 7.20. The van der Waals surface area contributed by atoms with Gasteiger partial charge in [0.2, 0.25) is 0 Å². The second-order valence-corrected chi connectivity index (χ2v) is 4.31. The van der Waals surface area contributed by atoms with Gasteiger partial charge in [0.15, 0.2) is 6.04 Å². The van der Waals surface area contributed by atoms with Crippen LogP contribution in [0.2, 0.25) is 0 Å². The predicted octanol–water partition coefficient (Wildman–Crippen LogP) is 0.228. The van der Waals surface area contributed by atoms with Crippen molar-refractivity contribution >= 4 is 17.7 Å². The van der Waals surface area contributed by atoms with Crippen LogP contribution in [0.3, 0.4) is 0 Å². The van der Waals surface area contributed by atoms with Gasteiger partial charge in [-0.3, -0.25) is 10.1 Å². The van der Waals surface area contributed by atoms with Crippen LogP contribution in [-0.4, -0.2) is 39.3 Å². The lowest BCUT2D eigenvalue weighted by Gasteiger charge is -2.17. The SMILES string of the molecule is C[C@@H](O)[C@H](NC(=O)NCc1cccc([N+](=O)[O-])c1)C(=O)O. The van der Waals surface area contributed by atoms with E-state index in [1.165, 1.54) is 25.1 Å². The highest BCUT2D eigenvalue weighted by atomic mass is 16.6. The number of rotatable bonds is 6. The summed E-state index contributed by atoms with van der Waals surface area (Å²) in [5.41, 5.74) is 0.380. The molecule has 2 atom stereocenters. The molecule has 0 aromatic heterocycles. The maximum Gasteiger partial charge on any atom is 0.328 e. The fraction of sp³-hybridized carbons (Fsp3) is 0.333. The molecule has 9 heteroatoms. The summed E-state index contributed by atoms with van der Waals surface area (Å²) < 4.78 is 0. The summed E-state index contributed by atoms with van der Waals surface area (Å²) in [5, 5.41) is 33.1. The average molecular weight is 297 g/mol. The number of carboxylic acids is 1. The third kappa shape index (κ3) is 5.07. The minimum absolute atomic E-state index is 0.0142. The van der Waals surface area contributed by atoms with Gasteiger partial charge in [0.25, 0.3) is 5.69 Å².